The summed E-state index contributed by atoms with van der Waals surface area (Å²) in [4.78, 5) is 8.98. The Morgan fingerprint density at radius 1 is 1.25 bits per heavy atom. The second-order valence-electron chi connectivity index (χ2n) is 5.06. The Morgan fingerprint density at radius 3 is 2.70 bits per heavy atom. The average molecular weight is 273 g/mol. The molecule has 0 atom stereocenters. The van der Waals surface area contributed by atoms with Gasteiger partial charge < -0.3 is 10.6 Å². The van der Waals surface area contributed by atoms with Gasteiger partial charge in [-0.25, -0.2) is 4.98 Å². The fourth-order valence-corrected chi connectivity index (χ4v) is 2.49. The highest BCUT2D eigenvalue weighted by atomic mass is 15.4. The third-order valence-corrected chi connectivity index (χ3v) is 3.52. The number of hydrogen-bond donors (Lipinski definition) is 1. The molecule has 7 nitrogen and oxygen atoms in total. The van der Waals surface area contributed by atoms with Crippen LogP contribution < -0.4 is 10.6 Å². The van der Waals surface area contributed by atoms with Crippen LogP contribution in [0, 0.1) is 0 Å². The summed E-state index contributed by atoms with van der Waals surface area (Å²) >= 11 is 0. The Hall–Kier alpha value is -2.15. The summed E-state index contributed by atoms with van der Waals surface area (Å²) in [7, 11) is 1.89. The van der Waals surface area contributed by atoms with E-state index in [0.717, 1.165) is 49.9 Å². The first-order valence-corrected chi connectivity index (χ1v) is 6.75. The van der Waals surface area contributed by atoms with Gasteiger partial charge in [0.15, 0.2) is 5.82 Å². The lowest BCUT2D eigenvalue weighted by molar-refractivity contribution is 0.246. The molecule has 2 aromatic heterocycles. The van der Waals surface area contributed by atoms with Gasteiger partial charge in [0.2, 0.25) is 0 Å². The summed E-state index contributed by atoms with van der Waals surface area (Å²) in [6, 6.07) is 3.76. The molecule has 0 bridgehead atoms. The van der Waals surface area contributed by atoms with Crippen molar-refractivity contribution in [3.8, 4) is 0 Å². The lowest BCUT2D eigenvalue weighted by atomic mass is 10.2. The van der Waals surface area contributed by atoms with Gasteiger partial charge in [0.05, 0.1) is 11.4 Å². The minimum atomic E-state index is 0.745. The fraction of sp³-hybridized carbons (Fsp3) is 0.462. The molecule has 0 radical (unpaired) electrons. The first kappa shape index (κ1) is 12.9. The van der Waals surface area contributed by atoms with Gasteiger partial charge in [-0.1, -0.05) is 5.21 Å². The number of piperazine rings is 1. The van der Waals surface area contributed by atoms with E-state index >= 15 is 0 Å². The number of aryl methyl sites for hydroxylation is 1. The Balaban J connectivity index is 1.58. The SMILES string of the molecule is Cn1cc(CN2CCN(c3ncccc3N)CC2)nn1. The molecule has 2 aromatic rings. The second-order valence-corrected chi connectivity index (χ2v) is 5.06. The maximum Gasteiger partial charge on any atom is 0.151 e. The molecule has 0 amide bonds. The van der Waals surface area contributed by atoms with Gasteiger partial charge in [0, 0.05) is 52.2 Å². The molecule has 0 aromatic carbocycles. The Kier molecular flexibility index (Phi) is 3.51. The zero-order chi connectivity index (χ0) is 13.9. The zero-order valence-electron chi connectivity index (χ0n) is 11.6. The quantitative estimate of drug-likeness (QED) is 0.855. The first-order valence-electron chi connectivity index (χ1n) is 6.75. The van der Waals surface area contributed by atoms with Crippen molar-refractivity contribution in [1.29, 1.82) is 0 Å². The molecule has 0 unspecified atom stereocenters. The van der Waals surface area contributed by atoms with Crippen molar-refractivity contribution >= 4 is 11.5 Å². The average Bonchev–Trinajstić information content (AvgIpc) is 2.86. The van der Waals surface area contributed by atoms with Crippen molar-refractivity contribution in [2.75, 3.05) is 36.8 Å². The normalized spacial score (nSPS) is 16.6. The van der Waals surface area contributed by atoms with Crippen molar-refractivity contribution in [3.05, 3.63) is 30.2 Å². The first-order chi connectivity index (χ1) is 9.72. The molecular formula is C13H19N7. The maximum atomic E-state index is 5.97. The van der Waals surface area contributed by atoms with E-state index in [0.29, 0.717) is 0 Å². The van der Waals surface area contributed by atoms with E-state index in [2.05, 4.69) is 25.1 Å². The molecule has 0 aliphatic carbocycles. The summed E-state index contributed by atoms with van der Waals surface area (Å²) in [5.74, 6) is 0.895. The van der Waals surface area contributed by atoms with E-state index < -0.39 is 0 Å². The Bertz CT molecular complexity index is 572. The predicted octanol–water partition coefficient (Wildman–Crippen LogP) is 0.115. The third-order valence-electron chi connectivity index (χ3n) is 3.52. The van der Waals surface area contributed by atoms with Crippen LogP contribution in [0.4, 0.5) is 11.5 Å². The number of anilines is 2. The number of aromatic nitrogens is 4. The zero-order valence-corrected chi connectivity index (χ0v) is 11.6. The summed E-state index contributed by atoms with van der Waals surface area (Å²) in [6.07, 6.45) is 3.75. The summed E-state index contributed by atoms with van der Waals surface area (Å²) in [6.45, 7) is 4.67. The summed E-state index contributed by atoms with van der Waals surface area (Å²) < 4.78 is 1.74. The van der Waals surface area contributed by atoms with Crippen LogP contribution in [0.5, 0.6) is 0 Å². The molecule has 106 valence electrons. The minimum Gasteiger partial charge on any atom is -0.396 e. The van der Waals surface area contributed by atoms with Crippen molar-refractivity contribution in [3.63, 3.8) is 0 Å². The van der Waals surface area contributed by atoms with Crippen LogP contribution in [-0.2, 0) is 13.6 Å². The minimum absolute atomic E-state index is 0.745. The van der Waals surface area contributed by atoms with Gasteiger partial charge in [-0.3, -0.25) is 9.58 Å². The van der Waals surface area contributed by atoms with Crippen LogP contribution in [0.3, 0.4) is 0 Å². The van der Waals surface area contributed by atoms with E-state index in [1.165, 1.54) is 0 Å². The molecule has 7 heteroatoms. The van der Waals surface area contributed by atoms with Crippen LogP contribution in [0.25, 0.3) is 0 Å². The smallest absolute Gasteiger partial charge is 0.151 e. The van der Waals surface area contributed by atoms with Crippen molar-refractivity contribution in [2.24, 2.45) is 7.05 Å². The van der Waals surface area contributed by atoms with Gasteiger partial charge in [-0.2, -0.15) is 0 Å². The van der Waals surface area contributed by atoms with Crippen LogP contribution in [0.2, 0.25) is 0 Å². The monoisotopic (exact) mass is 273 g/mol. The van der Waals surface area contributed by atoms with Crippen LogP contribution in [-0.4, -0.2) is 51.1 Å². The van der Waals surface area contributed by atoms with Crippen molar-refractivity contribution < 1.29 is 0 Å². The fourth-order valence-electron chi connectivity index (χ4n) is 2.49. The van der Waals surface area contributed by atoms with Gasteiger partial charge in [-0.15, -0.1) is 5.10 Å². The largest absolute Gasteiger partial charge is 0.396 e. The standard InChI is InChI=1S/C13H19N7/c1-18-9-11(16-17-18)10-19-5-7-20(8-6-19)13-12(14)3-2-4-15-13/h2-4,9H,5-8,10,14H2,1H3. The number of nitrogen functional groups attached to an aromatic ring is 1. The summed E-state index contributed by atoms with van der Waals surface area (Å²) in [5, 5.41) is 8.09. The highest BCUT2D eigenvalue weighted by Gasteiger charge is 2.20. The Labute approximate surface area is 118 Å². The topological polar surface area (TPSA) is 76.1 Å². The number of pyridine rings is 1. The number of nitrogens with two attached hydrogens (primary N) is 1. The van der Waals surface area contributed by atoms with Crippen LogP contribution in [0.15, 0.2) is 24.5 Å². The van der Waals surface area contributed by atoms with Crippen LogP contribution >= 0.6 is 0 Å². The lowest BCUT2D eigenvalue weighted by Crippen LogP contribution is -2.46. The Morgan fingerprint density at radius 2 is 2.05 bits per heavy atom. The van der Waals surface area contributed by atoms with Crippen LogP contribution in [0.1, 0.15) is 5.69 Å². The molecule has 3 heterocycles. The predicted molar refractivity (Wildman–Crippen MR) is 77.1 cm³/mol. The van der Waals surface area contributed by atoms with E-state index in [9.17, 15) is 0 Å². The second kappa shape index (κ2) is 5.46. The molecule has 20 heavy (non-hydrogen) atoms. The van der Waals surface area contributed by atoms with E-state index in [-0.39, 0.29) is 0 Å². The highest BCUT2D eigenvalue weighted by molar-refractivity contribution is 5.62. The van der Waals surface area contributed by atoms with Crippen molar-refractivity contribution in [1.82, 2.24) is 24.9 Å². The highest BCUT2D eigenvalue weighted by Crippen LogP contribution is 2.20. The van der Waals surface area contributed by atoms with Gasteiger partial charge >= 0.3 is 0 Å². The lowest BCUT2D eigenvalue weighted by Gasteiger charge is -2.35. The molecule has 0 spiro atoms. The third kappa shape index (κ3) is 2.72. The number of hydrogen-bond acceptors (Lipinski definition) is 6. The molecule has 1 aliphatic heterocycles. The van der Waals surface area contributed by atoms with E-state index in [4.69, 9.17) is 5.73 Å². The molecule has 1 fully saturated rings. The number of nitrogens with zero attached hydrogens (tertiary/aromatic N) is 6. The maximum absolute atomic E-state index is 5.97. The molecule has 0 saturated carbocycles. The summed E-state index contributed by atoms with van der Waals surface area (Å²) in [5.41, 5.74) is 7.73. The van der Waals surface area contributed by atoms with Gasteiger partial charge in [0.1, 0.15) is 0 Å². The van der Waals surface area contributed by atoms with E-state index in [1.807, 2.05) is 25.4 Å². The van der Waals surface area contributed by atoms with E-state index in [1.54, 1.807) is 10.9 Å². The van der Waals surface area contributed by atoms with Gasteiger partial charge in [0.25, 0.3) is 0 Å². The van der Waals surface area contributed by atoms with Gasteiger partial charge in [-0.05, 0) is 12.1 Å². The molecular weight excluding hydrogens is 254 g/mol. The molecule has 1 aliphatic rings. The number of rotatable bonds is 3. The van der Waals surface area contributed by atoms with Crippen molar-refractivity contribution in [2.45, 2.75) is 6.54 Å². The molecule has 2 N–H and O–H groups in total. The molecule has 3 rings (SSSR count). The molecule has 1 saturated heterocycles.